The number of carbonyl (C=O) groups is 1. The quantitative estimate of drug-likeness (QED) is 0.197. The molecule has 2 aliphatic heterocycles. The average Bonchev–Trinajstić information content (AvgIpc) is 3.79. The summed E-state index contributed by atoms with van der Waals surface area (Å²) in [5.74, 6) is 1.40. The van der Waals surface area contributed by atoms with Crippen LogP contribution in [0.2, 0.25) is 0 Å². The number of hydrogen-bond acceptors (Lipinski definition) is 9. The van der Waals surface area contributed by atoms with Crippen LogP contribution in [0.15, 0.2) is 39.2 Å². The lowest BCUT2D eigenvalue weighted by molar-refractivity contribution is -0.146. The molecular formula is C32H36F2N4O5. The largest absolute Gasteiger partial charge is 0.468 e. The zero-order valence-electron chi connectivity index (χ0n) is 24.9. The Morgan fingerprint density at radius 3 is 2.47 bits per heavy atom. The smallest absolute Gasteiger partial charge is 0.387 e. The second kappa shape index (κ2) is 12.0. The van der Waals surface area contributed by atoms with Gasteiger partial charge >= 0.3 is 12.6 Å². The number of aryl methyl sites for hydroxylation is 1. The maximum absolute atomic E-state index is 13.4. The van der Waals surface area contributed by atoms with Crippen molar-refractivity contribution in [2.75, 3.05) is 26.7 Å². The first-order valence-electron chi connectivity index (χ1n) is 14.8. The van der Waals surface area contributed by atoms with Crippen molar-refractivity contribution in [2.45, 2.75) is 71.7 Å². The molecule has 0 saturated carbocycles. The van der Waals surface area contributed by atoms with Gasteiger partial charge in [0.15, 0.2) is 5.58 Å². The number of nitrogens with zero attached hydrogens (tertiary/aromatic N) is 4. The molecule has 0 spiro atoms. The van der Waals surface area contributed by atoms with Crippen molar-refractivity contribution in [2.24, 2.45) is 0 Å². The molecular weight excluding hydrogens is 558 g/mol. The highest BCUT2D eigenvalue weighted by atomic mass is 19.3. The molecule has 0 unspecified atom stereocenters. The van der Waals surface area contributed by atoms with E-state index in [9.17, 15) is 13.6 Å². The Labute approximate surface area is 248 Å². The van der Waals surface area contributed by atoms with E-state index in [1.807, 2.05) is 36.9 Å². The summed E-state index contributed by atoms with van der Waals surface area (Å²) in [5, 5.41) is 0. The van der Waals surface area contributed by atoms with Gasteiger partial charge in [-0.25, -0.2) is 9.97 Å². The Bertz CT molecular complexity index is 1630. The lowest BCUT2D eigenvalue weighted by atomic mass is 10.0. The van der Waals surface area contributed by atoms with Crippen LogP contribution in [0.4, 0.5) is 8.78 Å². The van der Waals surface area contributed by atoms with Crippen molar-refractivity contribution < 1.29 is 31.9 Å². The number of aromatic nitrogens is 2. The van der Waals surface area contributed by atoms with E-state index >= 15 is 0 Å². The second-order valence-electron chi connectivity index (χ2n) is 11.3. The summed E-state index contributed by atoms with van der Waals surface area (Å²) in [6.07, 6.45) is 3.84. The molecule has 228 valence electrons. The number of alkyl halides is 2. The monoisotopic (exact) mass is 594 g/mol. The Hall–Kier alpha value is -3.83. The van der Waals surface area contributed by atoms with Gasteiger partial charge in [0, 0.05) is 29.3 Å². The molecule has 9 nitrogen and oxygen atoms in total. The van der Waals surface area contributed by atoms with Crippen molar-refractivity contribution in [1.82, 2.24) is 19.8 Å². The standard InChI is InChI=1S/C32H36F2N4O5/c1-18-22(29-35-19(2)28(43-29)20(3)37-12-5-6-13-37)9-7-10-23(18)30-36-24-15-21(26(42-32(33)34)16-27(24)41-30)17-38-14-8-11-25(38)31(39)40-4/h7,9-10,15-16,20,25,32H,5-6,8,11-14,17H2,1-4H3/t20-,25-/m0/s1. The maximum atomic E-state index is 13.4. The third-order valence-corrected chi connectivity index (χ3v) is 8.69. The molecule has 4 heterocycles. The highest BCUT2D eigenvalue weighted by Crippen LogP contribution is 2.37. The summed E-state index contributed by atoms with van der Waals surface area (Å²) >= 11 is 0. The molecule has 2 aliphatic rings. The molecule has 0 amide bonds. The van der Waals surface area contributed by atoms with Gasteiger partial charge in [-0.15, -0.1) is 0 Å². The molecule has 0 N–H and O–H groups in total. The molecule has 0 aliphatic carbocycles. The van der Waals surface area contributed by atoms with Crippen LogP contribution in [0.25, 0.3) is 34.0 Å². The average molecular weight is 595 g/mol. The minimum atomic E-state index is -3.02. The maximum Gasteiger partial charge on any atom is 0.387 e. The third kappa shape index (κ3) is 5.75. The lowest BCUT2D eigenvalue weighted by Crippen LogP contribution is -2.36. The number of fused-ring (bicyclic) bond motifs is 1. The summed E-state index contributed by atoms with van der Waals surface area (Å²) in [7, 11) is 1.35. The van der Waals surface area contributed by atoms with Crippen LogP contribution in [-0.2, 0) is 16.1 Å². The van der Waals surface area contributed by atoms with E-state index in [2.05, 4.69) is 11.8 Å². The summed E-state index contributed by atoms with van der Waals surface area (Å²) in [6, 6.07) is 8.59. The summed E-state index contributed by atoms with van der Waals surface area (Å²) in [5.41, 5.74) is 4.61. The molecule has 43 heavy (non-hydrogen) atoms. The van der Waals surface area contributed by atoms with Crippen LogP contribution in [-0.4, -0.2) is 65.1 Å². The van der Waals surface area contributed by atoms with Crippen molar-refractivity contribution >= 4 is 17.1 Å². The number of halogens is 2. The van der Waals surface area contributed by atoms with E-state index in [1.165, 1.54) is 26.0 Å². The topological polar surface area (TPSA) is 94.1 Å². The summed E-state index contributed by atoms with van der Waals surface area (Å²) in [4.78, 5) is 26.1. The van der Waals surface area contributed by atoms with Gasteiger partial charge in [-0.05, 0) is 89.9 Å². The minimum Gasteiger partial charge on any atom is -0.468 e. The van der Waals surface area contributed by atoms with E-state index in [0.29, 0.717) is 41.4 Å². The van der Waals surface area contributed by atoms with E-state index in [1.54, 1.807) is 6.07 Å². The molecule has 0 bridgehead atoms. The molecule has 6 rings (SSSR count). The first-order valence-corrected chi connectivity index (χ1v) is 14.8. The molecule has 2 saturated heterocycles. The first-order chi connectivity index (χ1) is 20.7. The number of esters is 1. The predicted molar refractivity (Wildman–Crippen MR) is 156 cm³/mol. The number of hydrogen-bond donors (Lipinski definition) is 0. The number of benzene rings is 2. The zero-order chi connectivity index (χ0) is 30.2. The van der Waals surface area contributed by atoms with Crippen LogP contribution < -0.4 is 4.74 Å². The van der Waals surface area contributed by atoms with Gasteiger partial charge in [0.2, 0.25) is 11.8 Å². The summed E-state index contributed by atoms with van der Waals surface area (Å²) in [6.45, 7) is 6.05. The van der Waals surface area contributed by atoms with Crippen LogP contribution in [0.1, 0.15) is 61.2 Å². The van der Waals surface area contributed by atoms with Crippen LogP contribution in [0.3, 0.4) is 0 Å². The number of likely N-dealkylation sites (tertiary alicyclic amines) is 2. The van der Waals surface area contributed by atoms with Gasteiger partial charge < -0.3 is 18.3 Å². The molecule has 2 fully saturated rings. The van der Waals surface area contributed by atoms with Crippen LogP contribution in [0, 0.1) is 13.8 Å². The number of oxazole rings is 2. The molecule has 11 heteroatoms. The minimum absolute atomic E-state index is 0.0129. The highest BCUT2D eigenvalue weighted by molar-refractivity contribution is 5.81. The van der Waals surface area contributed by atoms with Gasteiger partial charge in [0.05, 0.1) is 18.8 Å². The molecule has 2 aromatic carbocycles. The zero-order valence-corrected chi connectivity index (χ0v) is 24.9. The first kappa shape index (κ1) is 29.3. The normalized spacial score (nSPS) is 18.6. The van der Waals surface area contributed by atoms with Crippen LogP contribution in [0.5, 0.6) is 5.75 Å². The number of carbonyl (C=O) groups excluding carboxylic acids is 1. The fourth-order valence-corrected chi connectivity index (χ4v) is 6.38. The fraction of sp³-hybridized carbons (Fsp3) is 0.469. The number of rotatable bonds is 9. The molecule has 0 radical (unpaired) electrons. The molecule has 2 aromatic heterocycles. The predicted octanol–water partition coefficient (Wildman–Crippen LogP) is 6.66. The molecule has 4 aromatic rings. The highest BCUT2D eigenvalue weighted by Gasteiger charge is 2.32. The van der Waals surface area contributed by atoms with Crippen LogP contribution >= 0.6 is 0 Å². The third-order valence-electron chi connectivity index (χ3n) is 8.69. The van der Waals surface area contributed by atoms with Gasteiger partial charge in [-0.2, -0.15) is 8.78 Å². The lowest BCUT2D eigenvalue weighted by Gasteiger charge is -2.23. The fourth-order valence-electron chi connectivity index (χ4n) is 6.38. The molecule has 2 atom stereocenters. The Kier molecular flexibility index (Phi) is 8.19. The van der Waals surface area contributed by atoms with E-state index in [0.717, 1.165) is 47.7 Å². The van der Waals surface area contributed by atoms with Gasteiger partial charge in [0.25, 0.3) is 0 Å². The number of ether oxygens (including phenoxy) is 2. The SMILES string of the molecule is COC(=O)[C@@H]1CCCN1Cc1cc2nc(-c3cccc(-c4nc(C)c([C@H](C)N5CCCC5)o4)c3C)oc2cc1OC(F)F. The van der Waals surface area contributed by atoms with Gasteiger partial charge in [0.1, 0.15) is 23.1 Å². The van der Waals surface area contributed by atoms with E-state index < -0.39 is 12.7 Å². The Balaban J connectivity index is 1.33. The Morgan fingerprint density at radius 2 is 1.77 bits per heavy atom. The van der Waals surface area contributed by atoms with Gasteiger partial charge in [-0.1, -0.05) is 6.07 Å². The van der Waals surface area contributed by atoms with Crippen molar-refractivity contribution in [1.29, 1.82) is 0 Å². The summed E-state index contributed by atoms with van der Waals surface area (Å²) < 4.78 is 49.1. The Morgan fingerprint density at radius 1 is 1.05 bits per heavy atom. The number of methoxy groups -OCH3 is 1. The van der Waals surface area contributed by atoms with E-state index in [4.69, 9.17) is 28.3 Å². The van der Waals surface area contributed by atoms with E-state index in [-0.39, 0.29) is 24.3 Å². The van der Waals surface area contributed by atoms with Gasteiger partial charge in [-0.3, -0.25) is 14.6 Å². The second-order valence-corrected chi connectivity index (χ2v) is 11.3. The van der Waals surface area contributed by atoms with Crippen molar-refractivity contribution in [3.63, 3.8) is 0 Å². The van der Waals surface area contributed by atoms with Crippen molar-refractivity contribution in [3.8, 4) is 28.7 Å². The van der Waals surface area contributed by atoms with Crippen molar-refractivity contribution in [3.05, 3.63) is 52.9 Å².